The van der Waals surface area contributed by atoms with E-state index in [9.17, 15) is 18.7 Å². The Labute approximate surface area is 158 Å². The van der Waals surface area contributed by atoms with Gasteiger partial charge in [-0.25, -0.2) is 13.6 Å². The molecule has 1 N–H and O–H groups in total. The van der Waals surface area contributed by atoms with Gasteiger partial charge in [-0.2, -0.15) is 0 Å². The highest BCUT2D eigenvalue weighted by atomic mass is 32.1. The van der Waals surface area contributed by atoms with Gasteiger partial charge in [0.1, 0.15) is 0 Å². The minimum absolute atomic E-state index is 0.239. The second-order valence-corrected chi connectivity index (χ2v) is 7.38. The maximum absolute atomic E-state index is 13.5. The van der Waals surface area contributed by atoms with Crippen LogP contribution in [0.15, 0.2) is 66.7 Å². The molecule has 0 aliphatic rings. The zero-order valence-corrected chi connectivity index (χ0v) is 14.9. The lowest BCUT2D eigenvalue weighted by Crippen LogP contribution is -1.95. The number of fused-ring (bicyclic) bond motifs is 1. The van der Waals surface area contributed by atoms with E-state index >= 15 is 0 Å². The van der Waals surface area contributed by atoms with E-state index in [1.807, 2.05) is 30.3 Å². The average molecular weight is 380 g/mol. The van der Waals surface area contributed by atoms with Crippen molar-refractivity contribution in [2.75, 3.05) is 0 Å². The molecule has 1 aromatic heterocycles. The normalized spacial score (nSPS) is 11.0. The van der Waals surface area contributed by atoms with Crippen molar-refractivity contribution in [1.82, 2.24) is 0 Å². The van der Waals surface area contributed by atoms with Crippen molar-refractivity contribution in [1.29, 1.82) is 0 Å². The number of thiophene rings is 1. The predicted molar refractivity (Wildman–Crippen MR) is 103 cm³/mol. The van der Waals surface area contributed by atoms with Crippen molar-refractivity contribution in [2.24, 2.45) is 0 Å². The summed E-state index contributed by atoms with van der Waals surface area (Å²) in [5.41, 5.74) is 2.73. The third kappa shape index (κ3) is 3.46. The summed E-state index contributed by atoms with van der Waals surface area (Å²) in [6.07, 6.45) is 0.505. The predicted octanol–water partition coefficient (Wildman–Crippen LogP) is 6.14. The molecule has 3 aromatic carbocycles. The SMILES string of the molecule is O=C(O)c1cccc(-c2cccc3cc(Cc4ccc(F)c(F)c4)sc23)c1. The highest BCUT2D eigenvalue weighted by molar-refractivity contribution is 7.19. The molecular formula is C22H14F2O2S. The van der Waals surface area contributed by atoms with Crippen molar-refractivity contribution in [3.05, 3.63) is 94.4 Å². The molecule has 0 amide bonds. The summed E-state index contributed by atoms with van der Waals surface area (Å²) in [4.78, 5) is 12.3. The molecule has 134 valence electrons. The van der Waals surface area contributed by atoms with Crippen LogP contribution in [-0.2, 0) is 6.42 Å². The van der Waals surface area contributed by atoms with Crippen LogP contribution >= 0.6 is 11.3 Å². The summed E-state index contributed by atoms with van der Waals surface area (Å²) in [5, 5.41) is 10.3. The molecular weight excluding hydrogens is 366 g/mol. The van der Waals surface area contributed by atoms with Crippen LogP contribution in [0.1, 0.15) is 20.8 Å². The molecule has 27 heavy (non-hydrogen) atoms. The molecule has 0 spiro atoms. The van der Waals surface area contributed by atoms with Gasteiger partial charge in [-0.3, -0.25) is 0 Å². The van der Waals surface area contributed by atoms with Gasteiger partial charge in [0.05, 0.1) is 5.56 Å². The Bertz CT molecular complexity index is 1160. The highest BCUT2D eigenvalue weighted by Crippen LogP contribution is 2.36. The Hall–Kier alpha value is -3.05. The van der Waals surface area contributed by atoms with Gasteiger partial charge in [-0.1, -0.05) is 36.4 Å². The van der Waals surface area contributed by atoms with Crippen molar-refractivity contribution in [3.63, 3.8) is 0 Å². The number of benzene rings is 3. The van der Waals surface area contributed by atoms with Crippen LogP contribution in [0.5, 0.6) is 0 Å². The van der Waals surface area contributed by atoms with Gasteiger partial charge < -0.3 is 5.11 Å². The monoisotopic (exact) mass is 380 g/mol. The van der Waals surface area contributed by atoms with E-state index in [1.165, 1.54) is 6.07 Å². The largest absolute Gasteiger partial charge is 0.478 e. The zero-order valence-electron chi connectivity index (χ0n) is 14.1. The first-order valence-electron chi connectivity index (χ1n) is 8.30. The minimum atomic E-state index is -0.964. The van der Waals surface area contributed by atoms with E-state index in [0.717, 1.165) is 32.2 Å². The maximum Gasteiger partial charge on any atom is 0.335 e. The van der Waals surface area contributed by atoms with Crippen molar-refractivity contribution in [3.8, 4) is 11.1 Å². The van der Waals surface area contributed by atoms with Gasteiger partial charge in [0.2, 0.25) is 0 Å². The van der Waals surface area contributed by atoms with Crippen LogP contribution in [-0.4, -0.2) is 11.1 Å². The molecule has 0 unspecified atom stereocenters. The number of carbonyl (C=O) groups is 1. The number of hydrogen-bond donors (Lipinski definition) is 1. The number of carboxylic acid groups (broad SMARTS) is 1. The van der Waals surface area contributed by atoms with E-state index < -0.39 is 17.6 Å². The lowest BCUT2D eigenvalue weighted by atomic mass is 10.0. The number of carboxylic acids is 1. The van der Waals surface area contributed by atoms with Gasteiger partial charge in [-0.15, -0.1) is 11.3 Å². The zero-order chi connectivity index (χ0) is 19.0. The molecule has 1 heterocycles. The number of halogens is 2. The quantitative estimate of drug-likeness (QED) is 0.462. The van der Waals surface area contributed by atoms with Crippen molar-refractivity contribution >= 4 is 27.4 Å². The maximum atomic E-state index is 13.5. The molecule has 0 saturated heterocycles. The Morgan fingerprint density at radius 2 is 1.74 bits per heavy atom. The first-order chi connectivity index (χ1) is 13.0. The molecule has 5 heteroatoms. The number of aromatic carboxylic acids is 1. The third-order valence-electron chi connectivity index (χ3n) is 4.38. The number of hydrogen-bond acceptors (Lipinski definition) is 2. The second kappa shape index (κ2) is 6.93. The molecule has 0 bridgehead atoms. The molecule has 0 radical (unpaired) electrons. The van der Waals surface area contributed by atoms with Crippen LogP contribution in [0.3, 0.4) is 0 Å². The smallest absolute Gasteiger partial charge is 0.335 e. The van der Waals surface area contributed by atoms with Gasteiger partial charge in [-0.05, 0) is 52.4 Å². The molecule has 0 atom stereocenters. The number of rotatable bonds is 4. The topological polar surface area (TPSA) is 37.3 Å². The summed E-state index contributed by atoms with van der Waals surface area (Å²) in [7, 11) is 0. The summed E-state index contributed by atoms with van der Waals surface area (Å²) in [6, 6.07) is 18.7. The first kappa shape index (κ1) is 17.4. The van der Waals surface area contributed by atoms with Gasteiger partial charge in [0.15, 0.2) is 11.6 Å². The Morgan fingerprint density at radius 3 is 2.52 bits per heavy atom. The van der Waals surface area contributed by atoms with Crippen LogP contribution in [0, 0.1) is 11.6 Å². The first-order valence-corrected chi connectivity index (χ1v) is 9.12. The molecule has 0 saturated carbocycles. The second-order valence-electron chi connectivity index (χ2n) is 6.25. The minimum Gasteiger partial charge on any atom is -0.478 e. The molecule has 2 nitrogen and oxygen atoms in total. The Balaban J connectivity index is 1.75. The van der Waals surface area contributed by atoms with Crippen LogP contribution in [0.4, 0.5) is 8.78 Å². The standard InChI is InChI=1S/C22H14F2O2S/c23-19-8-7-13(10-20(19)24)9-17-12-15-4-2-6-18(21(15)27-17)14-3-1-5-16(11-14)22(25)26/h1-8,10-12H,9H2,(H,25,26). The van der Waals surface area contributed by atoms with Crippen molar-refractivity contribution < 1.29 is 18.7 Å². The lowest BCUT2D eigenvalue weighted by Gasteiger charge is -2.04. The van der Waals surface area contributed by atoms with E-state index in [4.69, 9.17) is 0 Å². The van der Waals surface area contributed by atoms with Crippen LogP contribution < -0.4 is 0 Å². The van der Waals surface area contributed by atoms with E-state index in [2.05, 4.69) is 0 Å². The summed E-state index contributed by atoms with van der Waals surface area (Å²) in [6.45, 7) is 0. The molecule has 4 rings (SSSR count). The summed E-state index contributed by atoms with van der Waals surface area (Å²) in [5.74, 6) is -2.66. The van der Waals surface area contributed by atoms with Gasteiger partial charge >= 0.3 is 5.97 Å². The van der Waals surface area contributed by atoms with E-state index in [1.54, 1.807) is 35.6 Å². The fourth-order valence-electron chi connectivity index (χ4n) is 3.10. The van der Waals surface area contributed by atoms with E-state index in [-0.39, 0.29) is 5.56 Å². The Morgan fingerprint density at radius 1 is 0.926 bits per heavy atom. The highest BCUT2D eigenvalue weighted by Gasteiger charge is 2.11. The molecule has 0 fully saturated rings. The van der Waals surface area contributed by atoms with Crippen LogP contribution in [0.2, 0.25) is 0 Å². The lowest BCUT2D eigenvalue weighted by molar-refractivity contribution is 0.0697. The van der Waals surface area contributed by atoms with Crippen LogP contribution in [0.25, 0.3) is 21.2 Å². The fourth-order valence-corrected chi connectivity index (χ4v) is 4.33. The average Bonchev–Trinajstić information content (AvgIpc) is 3.07. The van der Waals surface area contributed by atoms with Gasteiger partial charge in [0, 0.05) is 16.0 Å². The third-order valence-corrected chi connectivity index (χ3v) is 5.56. The molecule has 0 aliphatic heterocycles. The van der Waals surface area contributed by atoms with E-state index in [0.29, 0.717) is 12.0 Å². The Kier molecular flexibility index (Phi) is 4.46. The molecule has 0 aliphatic carbocycles. The summed E-state index contributed by atoms with van der Waals surface area (Å²) >= 11 is 1.57. The molecule has 4 aromatic rings. The van der Waals surface area contributed by atoms with Crippen molar-refractivity contribution in [2.45, 2.75) is 6.42 Å². The summed E-state index contributed by atoms with van der Waals surface area (Å²) < 4.78 is 27.6. The fraction of sp³-hybridized carbons (Fsp3) is 0.0455. The van der Waals surface area contributed by atoms with Gasteiger partial charge in [0.25, 0.3) is 0 Å².